The Balaban J connectivity index is 2.03. The maximum atomic E-state index is 10.6. The van der Waals surface area contributed by atoms with E-state index in [9.17, 15) is 14.7 Å². The molecule has 7 heteroatoms. The average Bonchev–Trinajstić information content (AvgIpc) is 2.55. The van der Waals surface area contributed by atoms with Crippen LogP contribution >= 0.6 is 8.69 Å². The van der Waals surface area contributed by atoms with Crippen LogP contribution in [-0.4, -0.2) is 4.92 Å². The van der Waals surface area contributed by atoms with Crippen molar-refractivity contribution in [1.29, 1.82) is 0 Å². The second-order valence-electron chi connectivity index (χ2n) is 4.67. The molecule has 6 nitrogen and oxygen atoms in total. The fraction of sp³-hybridized carbons (Fsp3) is 0.125. The van der Waals surface area contributed by atoms with E-state index in [1.807, 2.05) is 12.1 Å². The molecular weight excluding hydrogens is 317 g/mol. The van der Waals surface area contributed by atoms with Gasteiger partial charge in [0.15, 0.2) is 0 Å². The van der Waals surface area contributed by atoms with Crippen LogP contribution in [0.1, 0.15) is 18.1 Å². The van der Waals surface area contributed by atoms with Crippen LogP contribution in [0.15, 0.2) is 54.2 Å². The second kappa shape index (κ2) is 8.06. The molecule has 0 aliphatic carbocycles. The van der Waals surface area contributed by atoms with E-state index in [4.69, 9.17) is 9.26 Å². The first kappa shape index (κ1) is 16.6. The van der Waals surface area contributed by atoms with Crippen LogP contribution in [0.2, 0.25) is 0 Å². The largest absolute Gasteiger partial charge is 0.489 e. The topological polar surface area (TPSA) is 78.7 Å². The Morgan fingerprint density at radius 3 is 2.57 bits per heavy atom. The highest BCUT2D eigenvalue weighted by molar-refractivity contribution is 7.17. The van der Waals surface area contributed by atoms with Gasteiger partial charge in [0.05, 0.1) is 4.92 Å². The molecule has 2 rings (SSSR count). The zero-order valence-corrected chi connectivity index (χ0v) is 13.2. The van der Waals surface area contributed by atoms with E-state index in [-0.39, 0.29) is 12.3 Å². The van der Waals surface area contributed by atoms with E-state index < -0.39 is 13.6 Å². The predicted molar refractivity (Wildman–Crippen MR) is 86.1 cm³/mol. The SMILES string of the molecule is CC(=Cc1ccc(OCc2ccccc2OP=O)cc1)[N+](=O)[O-]. The van der Waals surface area contributed by atoms with Gasteiger partial charge >= 0.3 is 8.69 Å². The number of para-hydroxylation sites is 1. The molecule has 0 aliphatic rings. The molecule has 0 amide bonds. The summed E-state index contributed by atoms with van der Waals surface area (Å²) in [5.41, 5.74) is 1.56. The van der Waals surface area contributed by atoms with Crippen molar-refractivity contribution in [1.82, 2.24) is 0 Å². The summed E-state index contributed by atoms with van der Waals surface area (Å²) >= 11 is 0. The molecule has 0 aromatic heterocycles. The molecule has 0 unspecified atom stereocenters. The molecule has 0 heterocycles. The summed E-state index contributed by atoms with van der Waals surface area (Å²) in [5, 5.41) is 10.6. The van der Waals surface area contributed by atoms with Crippen molar-refractivity contribution in [3.05, 3.63) is 75.5 Å². The standard InChI is InChI=1S/C16H14NO5P/c1-12(17(18)19)10-13-6-8-15(9-7-13)21-11-14-4-2-3-5-16(14)22-23-20/h2-10H,11H2,1H3. The van der Waals surface area contributed by atoms with Gasteiger partial charge in [-0.05, 0) is 23.8 Å². The minimum absolute atomic E-state index is 0.0709. The van der Waals surface area contributed by atoms with E-state index in [0.717, 1.165) is 11.1 Å². The van der Waals surface area contributed by atoms with Crippen LogP contribution in [0.25, 0.3) is 6.08 Å². The van der Waals surface area contributed by atoms with Crippen molar-refractivity contribution < 1.29 is 18.7 Å². The molecule has 0 aliphatic heterocycles. The van der Waals surface area contributed by atoms with Gasteiger partial charge in [0.25, 0.3) is 0 Å². The molecule has 0 bridgehead atoms. The number of rotatable bonds is 7. The highest BCUT2D eigenvalue weighted by atomic mass is 31.1. The molecule has 0 N–H and O–H groups in total. The monoisotopic (exact) mass is 331 g/mol. The summed E-state index contributed by atoms with van der Waals surface area (Å²) in [5.74, 6) is 1.11. The molecule has 2 aromatic carbocycles. The highest BCUT2D eigenvalue weighted by Gasteiger charge is 2.05. The third-order valence-corrected chi connectivity index (χ3v) is 3.32. The predicted octanol–water partition coefficient (Wildman–Crippen LogP) is 4.49. The molecule has 0 saturated carbocycles. The zero-order chi connectivity index (χ0) is 16.7. The fourth-order valence-corrected chi connectivity index (χ4v) is 2.13. The average molecular weight is 331 g/mol. The van der Waals surface area contributed by atoms with E-state index in [2.05, 4.69) is 0 Å². The molecule has 0 atom stereocenters. The summed E-state index contributed by atoms with van der Waals surface area (Å²) in [6.07, 6.45) is 1.49. The minimum atomic E-state index is -0.434. The Labute approximate surface area is 134 Å². The highest BCUT2D eigenvalue weighted by Crippen LogP contribution is 2.23. The molecule has 0 spiro atoms. The third-order valence-electron chi connectivity index (χ3n) is 3.05. The quantitative estimate of drug-likeness (QED) is 0.424. The van der Waals surface area contributed by atoms with Gasteiger partial charge in [-0.1, -0.05) is 30.3 Å². The van der Waals surface area contributed by atoms with Crippen LogP contribution in [-0.2, 0) is 11.2 Å². The second-order valence-corrected chi connectivity index (χ2v) is 5.01. The number of nitro groups is 1. The summed E-state index contributed by atoms with van der Waals surface area (Å²) in [7, 11) is -0.419. The van der Waals surface area contributed by atoms with Crippen molar-refractivity contribution in [2.24, 2.45) is 0 Å². The molecule has 23 heavy (non-hydrogen) atoms. The van der Waals surface area contributed by atoms with Crippen molar-refractivity contribution >= 4 is 14.8 Å². The van der Waals surface area contributed by atoms with E-state index in [1.165, 1.54) is 13.0 Å². The van der Waals surface area contributed by atoms with Crippen molar-refractivity contribution in [3.8, 4) is 11.5 Å². The smallest absolute Gasteiger partial charge is 0.395 e. The lowest BCUT2D eigenvalue weighted by molar-refractivity contribution is -0.422. The molecule has 2 aromatic rings. The summed E-state index contributed by atoms with van der Waals surface area (Å²) < 4.78 is 21.2. The number of nitrogens with zero attached hydrogens (tertiary/aromatic N) is 1. The van der Waals surface area contributed by atoms with Gasteiger partial charge in [0, 0.05) is 18.6 Å². The van der Waals surface area contributed by atoms with Crippen molar-refractivity contribution in [3.63, 3.8) is 0 Å². The van der Waals surface area contributed by atoms with E-state index in [1.54, 1.807) is 36.4 Å². The molecule has 118 valence electrons. The van der Waals surface area contributed by atoms with Gasteiger partial charge in [0.1, 0.15) is 18.1 Å². The minimum Gasteiger partial charge on any atom is -0.489 e. The van der Waals surface area contributed by atoms with Gasteiger partial charge < -0.3 is 9.26 Å². The number of hydrogen-bond donors (Lipinski definition) is 0. The van der Waals surface area contributed by atoms with Gasteiger partial charge in [-0.25, -0.2) is 4.57 Å². The van der Waals surface area contributed by atoms with Gasteiger partial charge in [0.2, 0.25) is 5.70 Å². The number of hydrogen-bond acceptors (Lipinski definition) is 5. The summed E-state index contributed by atoms with van der Waals surface area (Å²) in [4.78, 5) is 10.2. The molecule has 0 fully saturated rings. The Morgan fingerprint density at radius 1 is 1.22 bits per heavy atom. The van der Waals surface area contributed by atoms with Gasteiger partial charge in [-0.15, -0.1) is 0 Å². The molecular formula is C16H14NO5P. The number of ether oxygens (including phenoxy) is 1. The van der Waals surface area contributed by atoms with Crippen LogP contribution < -0.4 is 9.26 Å². The third kappa shape index (κ3) is 4.90. The van der Waals surface area contributed by atoms with Crippen LogP contribution in [0.5, 0.6) is 11.5 Å². The summed E-state index contributed by atoms with van der Waals surface area (Å²) in [6, 6.07) is 14.1. The Kier molecular flexibility index (Phi) is 5.83. The first-order valence-corrected chi connectivity index (χ1v) is 7.46. The first-order chi connectivity index (χ1) is 11.1. The fourth-order valence-electron chi connectivity index (χ4n) is 1.87. The molecule has 0 saturated heterocycles. The lowest BCUT2D eigenvalue weighted by atomic mass is 10.2. The van der Waals surface area contributed by atoms with Crippen LogP contribution in [0.4, 0.5) is 0 Å². The maximum absolute atomic E-state index is 10.6. The van der Waals surface area contributed by atoms with Crippen molar-refractivity contribution in [2.75, 3.05) is 0 Å². The lowest BCUT2D eigenvalue weighted by Gasteiger charge is -2.09. The lowest BCUT2D eigenvalue weighted by Crippen LogP contribution is -1.97. The molecule has 0 radical (unpaired) electrons. The van der Waals surface area contributed by atoms with Crippen LogP contribution in [0.3, 0.4) is 0 Å². The normalized spacial score (nSPS) is 11.3. The van der Waals surface area contributed by atoms with Gasteiger partial charge in [-0.3, -0.25) is 10.1 Å². The number of benzene rings is 2. The van der Waals surface area contributed by atoms with Gasteiger partial charge in [-0.2, -0.15) is 0 Å². The van der Waals surface area contributed by atoms with Crippen LogP contribution in [0, 0.1) is 10.1 Å². The zero-order valence-electron chi connectivity index (χ0n) is 12.3. The Morgan fingerprint density at radius 2 is 1.91 bits per heavy atom. The Bertz CT molecular complexity index is 728. The van der Waals surface area contributed by atoms with E-state index >= 15 is 0 Å². The van der Waals surface area contributed by atoms with E-state index in [0.29, 0.717) is 11.5 Å². The maximum Gasteiger partial charge on any atom is 0.395 e. The number of allylic oxidation sites excluding steroid dienone is 1. The Hall–Kier alpha value is -2.72. The summed E-state index contributed by atoms with van der Waals surface area (Å²) in [6.45, 7) is 1.70. The van der Waals surface area contributed by atoms with Crippen molar-refractivity contribution in [2.45, 2.75) is 13.5 Å². The first-order valence-electron chi connectivity index (χ1n) is 6.73.